The van der Waals surface area contributed by atoms with Crippen LogP contribution in [0.4, 0.5) is 5.82 Å². The molecule has 5 nitrogen and oxygen atoms in total. The second-order valence-corrected chi connectivity index (χ2v) is 16.2. The zero-order chi connectivity index (χ0) is 25.6. The molecule has 0 aliphatic rings. The summed E-state index contributed by atoms with van der Waals surface area (Å²) >= 11 is 1.47. The van der Waals surface area contributed by atoms with Crippen molar-refractivity contribution in [3.8, 4) is 11.5 Å². The molecule has 1 amide bonds. The van der Waals surface area contributed by atoms with E-state index in [1.54, 1.807) is 6.20 Å². The lowest BCUT2D eigenvalue weighted by molar-refractivity contribution is -0.116. The van der Waals surface area contributed by atoms with E-state index in [1.807, 2.05) is 42.7 Å². The predicted molar refractivity (Wildman–Crippen MR) is 150 cm³/mol. The van der Waals surface area contributed by atoms with Crippen LogP contribution in [0.1, 0.15) is 59.1 Å². The van der Waals surface area contributed by atoms with Crippen molar-refractivity contribution >= 4 is 42.6 Å². The predicted octanol–water partition coefficient (Wildman–Crippen LogP) is 6.89. The van der Waals surface area contributed by atoms with Gasteiger partial charge in [0.15, 0.2) is 10.8 Å². The fourth-order valence-corrected chi connectivity index (χ4v) is 10.5. The Morgan fingerprint density at radius 1 is 1.03 bits per heavy atom. The number of carbonyl (C=O) groups excluding carboxylic acids is 1. The largest absolute Gasteiger partial charge is 0.311 e. The summed E-state index contributed by atoms with van der Waals surface area (Å²) in [5.74, 6) is 3.92. The monoisotopic (exact) mass is 504 g/mol. The maximum Gasteiger partial charge on any atom is 0.225 e. The van der Waals surface area contributed by atoms with Crippen molar-refractivity contribution in [1.29, 1.82) is 0 Å². The van der Waals surface area contributed by atoms with E-state index in [9.17, 15) is 4.79 Å². The van der Waals surface area contributed by atoms with Gasteiger partial charge in [-0.05, 0) is 40.9 Å². The zero-order valence-electron chi connectivity index (χ0n) is 21.8. The van der Waals surface area contributed by atoms with E-state index in [0.29, 0.717) is 46.1 Å². The Morgan fingerprint density at radius 2 is 1.69 bits per heavy atom. The van der Waals surface area contributed by atoms with Gasteiger partial charge in [-0.1, -0.05) is 89.6 Å². The summed E-state index contributed by atoms with van der Waals surface area (Å²) < 4.78 is 0. The Balaban J connectivity index is 2.00. The second kappa shape index (κ2) is 11.8. The van der Waals surface area contributed by atoms with Gasteiger partial charge in [0.25, 0.3) is 0 Å². The van der Waals surface area contributed by atoms with Gasteiger partial charge in [0.1, 0.15) is 13.9 Å². The quantitative estimate of drug-likeness (QED) is 0.157. The lowest BCUT2D eigenvalue weighted by Gasteiger charge is -2.38. The third-order valence-corrected chi connectivity index (χ3v) is 13.6. The first-order valence-corrected chi connectivity index (χ1v) is 15.7. The summed E-state index contributed by atoms with van der Waals surface area (Å²) in [6.07, 6.45) is 4.80. The number of benzene rings is 1. The van der Waals surface area contributed by atoms with Gasteiger partial charge in [-0.2, -0.15) is 0 Å². The number of pyridine rings is 1. The second-order valence-electron chi connectivity index (χ2n) is 9.83. The molecule has 0 fully saturated rings. The van der Waals surface area contributed by atoms with Gasteiger partial charge in [-0.25, -0.2) is 15.0 Å². The molecule has 2 heterocycles. The van der Waals surface area contributed by atoms with Gasteiger partial charge < -0.3 is 5.32 Å². The molecular weight excluding hydrogens is 468 g/mol. The molecule has 0 bridgehead atoms. The minimum Gasteiger partial charge on any atom is -0.311 e. The number of fused-ring (bicyclic) bond motifs is 1. The molecule has 184 valence electrons. The van der Waals surface area contributed by atoms with Crippen molar-refractivity contribution in [2.45, 2.75) is 76.2 Å². The molecule has 2 aromatic heterocycles. The van der Waals surface area contributed by atoms with Gasteiger partial charge in [-0.15, -0.1) is 5.54 Å². The van der Waals surface area contributed by atoms with Crippen LogP contribution in [0.25, 0.3) is 11.0 Å². The Bertz CT molecular complexity index is 1210. The maximum absolute atomic E-state index is 12.7. The minimum absolute atomic E-state index is 0.0750. The van der Waals surface area contributed by atoms with E-state index in [-0.39, 0.29) is 5.91 Å². The average molecular weight is 505 g/mol. The highest BCUT2D eigenvalue weighted by atomic mass is 32.2. The first-order chi connectivity index (χ1) is 16.7. The number of amides is 1. The van der Waals surface area contributed by atoms with Crippen LogP contribution in [0.3, 0.4) is 0 Å². The molecular formula is C28H36N4OSSi. The molecule has 35 heavy (non-hydrogen) atoms. The van der Waals surface area contributed by atoms with Crippen molar-refractivity contribution < 1.29 is 4.79 Å². The molecule has 0 saturated carbocycles. The average Bonchev–Trinajstić information content (AvgIpc) is 2.82. The van der Waals surface area contributed by atoms with Crippen LogP contribution in [0.2, 0.25) is 16.6 Å². The fraction of sp³-hybridized carbons (Fsp3) is 0.429. The Morgan fingerprint density at radius 3 is 2.29 bits per heavy atom. The molecule has 3 rings (SSSR count). The lowest BCUT2D eigenvalue weighted by atomic mass is 10.1. The van der Waals surface area contributed by atoms with Crippen molar-refractivity contribution in [3.63, 3.8) is 0 Å². The minimum atomic E-state index is -1.93. The van der Waals surface area contributed by atoms with Crippen LogP contribution >= 0.6 is 11.8 Å². The molecule has 0 atom stereocenters. The number of hydrogen-bond acceptors (Lipinski definition) is 5. The number of hydrogen-bond donors (Lipinski definition) is 1. The van der Waals surface area contributed by atoms with Crippen LogP contribution in [0.5, 0.6) is 0 Å². The normalized spacial score (nSPS) is 11.7. The smallest absolute Gasteiger partial charge is 0.225 e. The van der Waals surface area contributed by atoms with E-state index in [4.69, 9.17) is 0 Å². The number of carbonyl (C=O) groups is 1. The summed E-state index contributed by atoms with van der Waals surface area (Å²) in [7, 11) is -1.93. The molecule has 3 aromatic rings. The number of aromatic nitrogens is 3. The van der Waals surface area contributed by atoms with E-state index < -0.39 is 8.07 Å². The first kappa shape index (κ1) is 26.9. The first-order valence-electron chi connectivity index (χ1n) is 12.3. The molecule has 1 aromatic carbocycles. The van der Waals surface area contributed by atoms with Gasteiger partial charge in [0.2, 0.25) is 5.91 Å². The highest BCUT2D eigenvalue weighted by Gasteiger charge is 2.41. The fourth-order valence-electron chi connectivity index (χ4n) is 4.98. The summed E-state index contributed by atoms with van der Waals surface area (Å²) in [4.78, 5) is 26.4. The molecule has 0 aliphatic heterocycles. The molecule has 0 spiro atoms. The molecule has 0 aliphatic carbocycles. The topological polar surface area (TPSA) is 67.8 Å². The van der Waals surface area contributed by atoms with Crippen LogP contribution in [0, 0.1) is 11.5 Å². The van der Waals surface area contributed by atoms with Gasteiger partial charge in [0.05, 0.1) is 5.39 Å². The van der Waals surface area contributed by atoms with Crippen LogP contribution in [0.15, 0.2) is 47.8 Å². The van der Waals surface area contributed by atoms with Gasteiger partial charge in [-0.3, -0.25) is 4.79 Å². The van der Waals surface area contributed by atoms with E-state index >= 15 is 0 Å². The van der Waals surface area contributed by atoms with Crippen LogP contribution in [-0.4, -0.2) is 35.2 Å². The van der Waals surface area contributed by atoms with Crippen molar-refractivity contribution in [2.24, 2.45) is 0 Å². The third-order valence-electron chi connectivity index (χ3n) is 6.76. The Hall–Kier alpha value is -2.69. The lowest BCUT2D eigenvalue weighted by Crippen LogP contribution is -2.43. The van der Waals surface area contributed by atoms with Gasteiger partial charge in [0, 0.05) is 18.2 Å². The highest BCUT2D eigenvalue weighted by Crippen LogP contribution is 2.41. The summed E-state index contributed by atoms with van der Waals surface area (Å²) in [5.41, 5.74) is 7.88. The number of anilines is 1. The number of rotatable bonds is 8. The maximum atomic E-state index is 12.7. The summed E-state index contributed by atoms with van der Waals surface area (Å²) in [6.45, 7) is 13.8. The standard InChI is InChI=1S/C28H36N4OSSi/c1-19(2)35(20(3)4,21(5)6)16-15-23-17-25(31-27-24(23)18-29-28(32-27)34-7)30-26(33)14-13-22-11-9-8-10-12-22/h8-12,17-21H,13-14H2,1-7H3,(H,29,30,31,32,33). The molecule has 0 unspecified atom stereocenters. The Kier molecular flexibility index (Phi) is 9.09. The van der Waals surface area contributed by atoms with Crippen molar-refractivity contribution in [1.82, 2.24) is 15.0 Å². The van der Waals surface area contributed by atoms with Crippen LogP contribution in [-0.2, 0) is 11.2 Å². The SMILES string of the molecule is CSc1ncc2c(C#C[Si](C(C)C)(C(C)C)C(C)C)cc(NC(=O)CCc3ccccc3)nc2n1. The molecule has 7 heteroatoms. The van der Waals surface area contributed by atoms with E-state index in [1.165, 1.54) is 11.8 Å². The summed E-state index contributed by atoms with van der Waals surface area (Å²) in [6, 6.07) is 11.9. The third kappa shape index (κ3) is 6.30. The number of nitrogens with zero attached hydrogens (tertiary/aromatic N) is 3. The van der Waals surface area contributed by atoms with Crippen molar-refractivity contribution in [3.05, 3.63) is 53.7 Å². The number of nitrogens with one attached hydrogen (secondary N) is 1. The van der Waals surface area contributed by atoms with E-state index in [2.05, 4.69) is 73.3 Å². The highest BCUT2D eigenvalue weighted by molar-refractivity contribution is 7.98. The molecule has 1 N–H and O–H groups in total. The zero-order valence-corrected chi connectivity index (χ0v) is 23.7. The Labute approximate surface area is 215 Å². The van der Waals surface area contributed by atoms with Gasteiger partial charge >= 0.3 is 0 Å². The van der Waals surface area contributed by atoms with Crippen molar-refractivity contribution in [2.75, 3.05) is 11.6 Å². The van der Waals surface area contributed by atoms with Crippen LogP contribution < -0.4 is 5.32 Å². The summed E-state index contributed by atoms with van der Waals surface area (Å²) in [5, 5.41) is 4.44. The number of aryl methyl sites for hydroxylation is 1. The van der Waals surface area contributed by atoms with E-state index in [0.717, 1.165) is 16.5 Å². The molecule has 0 saturated heterocycles. The number of thioether (sulfide) groups is 1. The molecule has 0 radical (unpaired) electrons.